The fraction of sp³-hybridized carbons (Fsp3) is 0.706. The van der Waals surface area contributed by atoms with Gasteiger partial charge in [-0.25, -0.2) is 9.59 Å². The monoisotopic (exact) mass is 635 g/mol. The van der Waals surface area contributed by atoms with Crippen LogP contribution in [0.5, 0.6) is 5.75 Å². The number of carbonyl (C=O) groups is 4. The van der Waals surface area contributed by atoms with E-state index in [0.29, 0.717) is 5.75 Å². The smallest absolute Gasteiger partial charge is 0.329 e. The Hall–Kier alpha value is -3.34. The summed E-state index contributed by atoms with van der Waals surface area (Å²) >= 11 is 0. The molecule has 0 saturated carbocycles. The van der Waals surface area contributed by atoms with Crippen molar-refractivity contribution in [2.45, 2.75) is 131 Å². The third-order valence-electron chi connectivity index (χ3n) is 5.76. The lowest BCUT2D eigenvalue weighted by Crippen LogP contribution is -2.52. The maximum absolute atomic E-state index is 13.8. The van der Waals surface area contributed by atoms with Crippen molar-refractivity contribution in [3.8, 4) is 5.75 Å². The number of hydrogen-bond donors (Lipinski definition) is 2. The van der Waals surface area contributed by atoms with Crippen molar-refractivity contribution in [3.05, 3.63) is 29.8 Å². The van der Waals surface area contributed by atoms with Gasteiger partial charge in [-0.05, 0) is 107 Å². The third-order valence-corrected chi connectivity index (χ3v) is 5.76. The molecule has 1 rings (SSSR count). The molecule has 1 aromatic carbocycles. The predicted molar refractivity (Wildman–Crippen MR) is 174 cm³/mol. The van der Waals surface area contributed by atoms with Crippen LogP contribution in [0, 0.1) is 5.92 Å². The Morgan fingerprint density at radius 3 is 1.73 bits per heavy atom. The van der Waals surface area contributed by atoms with Gasteiger partial charge in [-0.15, -0.1) is 0 Å². The first-order chi connectivity index (χ1) is 20.4. The fourth-order valence-electron chi connectivity index (χ4n) is 4.07. The van der Waals surface area contributed by atoms with Crippen molar-refractivity contribution >= 4 is 23.9 Å². The SMILES string of the molecule is CC(C)(C)OC(=O)CCCN(C[C@@H](CN)C(=O)OC(C)(C)C)C(=O)N[C@@H](Cc1ccc(OC(C)(C)C)cc1)C(=O)OC(C)(C)C. The lowest BCUT2D eigenvalue weighted by Gasteiger charge is -2.31. The van der Waals surface area contributed by atoms with E-state index in [-0.39, 0.29) is 44.5 Å². The van der Waals surface area contributed by atoms with Crippen LogP contribution >= 0.6 is 0 Å². The first-order valence-corrected chi connectivity index (χ1v) is 15.6. The molecule has 1 aromatic rings. The molecule has 0 aromatic heterocycles. The minimum absolute atomic E-state index is 0.0548. The maximum atomic E-state index is 13.8. The van der Waals surface area contributed by atoms with Gasteiger partial charge in [0.2, 0.25) is 0 Å². The van der Waals surface area contributed by atoms with Crippen LogP contribution < -0.4 is 15.8 Å². The van der Waals surface area contributed by atoms with Crippen molar-refractivity contribution in [2.24, 2.45) is 11.7 Å². The van der Waals surface area contributed by atoms with Gasteiger partial charge in [0.05, 0.1) is 5.92 Å². The molecule has 2 amide bonds. The first-order valence-electron chi connectivity index (χ1n) is 15.6. The van der Waals surface area contributed by atoms with Crippen LogP contribution in [0.3, 0.4) is 0 Å². The molecule has 11 heteroatoms. The molecule has 0 fully saturated rings. The van der Waals surface area contributed by atoms with Crippen LogP contribution in [-0.4, -0.2) is 76.9 Å². The Morgan fingerprint density at radius 2 is 1.27 bits per heavy atom. The Morgan fingerprint density at radius 1 is 0.756 bits per heavy atom. The van der Waals surface area contributed by atoms with Gasteiger partial charge in [-0.2, -0.15) is 0 Å². The van der Waals surface area contributed by atoms with Gasteiger partial charge in [0.25, 0.3) is 0 Å². The summed E-state index contributed by atoms with van der Waals surface area (Å²) < 4.78 is 22.5. The summed E-state index contributed by atoms with van der Waals surface area (Å²) in [6.45, 7) is 21.6. The van der Waals surface area contributed by atoms with Crippen molar-refractivity contribution in [2.75, 3.05) is 19.6 Å². The highest BCUT2D eigenvalue weighted by atomic mass is 16.6. The highest BCUT2D eigenvalue weighted by Gasteiger charge is 2.32. The topological polar surface area (TPSA) is 146 Å². The number of benzene rings is 1. The van der Waals surface area contributed by atoms with Gasteiger partial charge in [-0.1, -0.05) is 12.1 Å². The number of hydrogen-bond acceptors (Lipinski definition) is 9. The maximum Gasteiger partial charge on any atom is 0.329 e. The molecule has 2 atom stereocenters. The summed E-state index contributed by atoms with van der Waals surface area (Å²) in [5.74, 6) is -1.71. The number of nitrogens with two attached hydrogens (primary N) is 1. The fourth-order valence-corrected chi connectivity index (χ4v) is 4.07. The van der Waals surface area contributed by atoms with E-state index in [0.717, 1.165) is 5.56 Å². The second kappa shape index (κ2) is 16.3. The summed E-state index contributed by atoms with van der Waals surface area (Å²) in [4.78, 5) is 53.7. The second-order valence-corrected chi connectivity index (χ2v) is 15.2. The second-order valence-electron chi connectivity index (χ2n) is 15.2. The normalized spacial score (nSPS) is 13.7. The number of nitrogens with zero attached hydrogens (tertiary/aromatic N) is 1. The summed E-state index contributed by atoms with van der Waals surface area (Å²) in [7, 11) is 0. The molecule has 11 nitrogen and oxygen atoms in total. The molecule has 0 unspecified atom stereocenters. The van der Waals surface area contributed by atoms with Gasteiger partial charge in [0.1, 0.15) is 34.2 Å². The van der Waals surface area contributed by atoms with Crippen molar-refractivity contribution < 1.29 is 38.1 Å². The van der Waals surface area contributed by atoms with Crippen molar-refractivity contribution in [1.29, 1.82) is 0 Å². The molecule has 0 saturated heterocycles. The van der Waals surface area contributed by atoms with E-state index in [4.69, 9.17) is 24.7 Å². The lowest BCUT2D eigenvalue weighted by molar-refractivity contribution is -0.160. The number of amides is 2. The molecule has 256 valence electrons. The standard InChI is InChI=1S/C34H57N3O8/c1-31(2,3)42-25-17-15-23(16-18-25)20-26(29(40)45-34(10,11)12)36-30(41)37(19-13-14-27(38)43-32(4,5)6)22-24(21-35)28(39)44-33(7,8)9/h15-18,24,26H,13-14,19-22,35H2,1-12H3,(H,36,41)/t24-,26+/m1/s1. The number of rotatable bonds is 13. The van der Waals surface area contributed by atoms with Crippen LogP contribution in [0.2, 0.25) is 0 Å². The van der Waals surface area contributed by atoms with E-state index >= 15 is 0 Å². The van der Waals surface area contributed by atoms with E-state index in [1.807, 2.05) is 45.0 Å². The number of urea groups is 1. The average Bonchev–Trinajstić information content (AvgIpc) is 2.82. The first kappa shape index (κ1) is 39.7. The molecule has 3 N–H and O–H groups in total. The lowest BCUT2D eigenvalue weighted by atomic mass is 10.0. The van der Waals surface area contributed by atoms with E-state index in [1.165, 1.54) is 4.90 Å². The van der Waals surface area contributed by atoms with Gasteiger partial charge in [0.15, 0.2) is 0 Å². The number of nitrogens with one attached hydrogen (secondary N) is 1. The van der Waals surface area contributed by atoms with E-state index < -0.39 is 52.7 Å². The highest BCUT2D eigenvalue weighted by Crippen LogP contribution is 2.20. The zero-order chi connectivity index (χ0) is 34.8. The molecule has 0 spiro atoms. The zero-order valence-corrected chi connectivity index (χ0v) is 29.5. The third kappa shape index (κ3) is 17.7. The molecule has 0 aliphatic heterocycles. The average molecular weight is 636 g/mol. The van der Waals surface area contributed by atoms with Crippen molar-refractivity contribution in [3.63, 3.8) is 0 Å². The molecule has 45 heavy (non-hydrogen) atoms. The summed E-state index contributed by atoms with van der Waals surface area (Å²) in [5, 5.41) is 2.81. The minimum Gasteiger partial charge on any atom is -0.488 e. The van der Waals surface area contributed by atoms with Gasteiger partial charge in [0, 0.05) is 32.5 Å². The Labute approximate surface area is 269 Å². The Kier molecular flexibility index (Phi) is 14.4. The van der Waals surface area contributed by atoms with E-state index in [1.54, 1.807) is 62.3 Å². The summed E-state index contributed by atoms with van der Waals surface area (Å²) in [5.41, 5.74) is 4.16. The molecule has 0 heterocycles. The van der Waals surface area contributed by atoms with Gasteiger partial charge in [-0.3, -0.25) is 9.59 Å². The number of ether oxygens (including phenoxy) is 4. The minimum atomic E-state index is -1.04. The van der Waals surface area contributed by atoms with E-state index in [9.17, 15) is 19.2 Å². The van der Waals surface area contributed by atoms with Crippen LogP contribution in [0.4, 0.5) is 4.79 Å². The van der Waals surface area contributed by atoms with Crippen LogP contribution in [0.15, 0.2) is 24.3 Å². The van der Waals surface area contributed by atoms with E-state index in [2.05, 4.69) is 5.32 Å². The number of esters is 3. The van der Waals surface area contributed by atoms with Crippen LogP contribution in [0.25, 0.3) is 0 Å². The predicted octanol–water partition coefficient (Wildman–Crippen LogP) is 5.17. The molecule has 0 aliphatic carbocycles. The molecule has 0 radical (unpaired) electrons. The molecular weight excluding hydrogens is 578 g/mol. The van der Waals surface area contributed by atoms with Crippen LogP contribution in [-0.2, 0) is 35.0 Å². The Balaban J connectivity index is 3.26. The molecule has 0 bridgehead atoms. The van der Waals surface area contributed by atoms with Gasteiger partial charge >= 0.3 is 23.9 Å². The molecular formula is C34H57N3O8. The number of carbonyl (C=O) groups excluding carboxylic acids is 4. The molecule has 0 aliphatic rings. The van der Waals surface area contributed by atoms with Crippen molar-refractivity contribution in [1.82, 2.24) is 10.2 Å². The van der Waals surface area contributed by atoms with Crippen LogP contribution in [0.1, 0.15) is 101 Å². The largest absolute Gasteiger partial charge is 0.488 e. The summed E-state index contributed by atoms with van der Waals surface area (Å²) in [6, 6.07) is 5.63. The zero-order valence-electron chi connectivity index (χ0n) is 29.5. The summed E-state index contributed by atoms with van der Waals surface area (Å²) in [6.07, 6.45) is 0.466. The van der Waals surface area contributed by atoms with Gasteiger partial charge < -0.3 is 34.9 Å². The highest BCUT2D eigenvalue weighted by molar-refractivity contribution is 5.84. The Bertz CT molecular complexity index is 1120. The quantitative estimate of drug-likeness (QED) is 0.221.